The number of para-hydroxylation sites is 1. The fraction of sp³-hybridized carbons (Fsp3) is 0.0769. The van der Waals surface area contributed by atoms with Gasteiger partial charge in [-0.25, -0.2) is 8.42 Å². The number of carbonyl (C=O) groups excluding carboxylic acids is 2. The van der Waals surface area contributed by atoms with E-state index in [1.54, 1.807) is 37.3 Å². The summed E-state index contributed by atoms with van der Waals surface area (Å²) in [7, 11) is -3.42. The van der Waals surface area contributed by atoms with E-state index in [1.807, 2.05) is 30.3 Å². The summed E-state index contributed by atoms with van der Waals surface area (Å²) in [4.78, 5) is 25.0. The monoisotopic (exact) mass is 474 g/mol. The number of benzene rings is 3. The van der Waals surface area contributed by atoms with Crippen LogP contribution in [0.4, 0.5) is 11.4 Å². The first kappa shape index (κ1) is 23.0. The van der Waals surface area contributed by atoms with Crippen LogP contribution in [0.5, 0.6) is 0 Å². The van der Waals surface area contributed by atoms with Gasteiger partial charge in [-0.3, -0.25) is 9.59 Å². The molecule has 0 radical (unpaired) electrons. The molecule has 0 aliphatic carbocycles. The molecule has 172 valence electrons. The van der Waals surface area contributed by atoms with E-state index in [4.69, 9.17) is 4.42 Å². The minimum absolute atomic E-state index is 0.0747. The highest BCUT2D eigenvalue weighted by Gasteiger charge is 2.13. The largest absolute Gasteiger partial charge is 0.457 e. The Kier molecular flexibility index (Phi) is 6.34. The molecule has 2 N–H and O–H groups in total. The predicted molar refractivity (Wildman–Crippen MR) is 133 cm³/mol. The lowest BCUT2D eigenvalue weighted by Gasteiger charge is -2.11. The third-order valence-electron chi connectivity index (χ3n) is 5.11. The minimum atomic E-state index is -3.42. The van der Waals surface area contributed by atoms with Crippen LogP contribution >= 0.6 is 0 Å². The molecule has 4 aromatic rings. The highest BCUT2D eigenvalue weighted by atomic mass is 32.2. The molecule has 0 aliphatic rings. The predicted octanol–water partition coefficient (Wildman–Crippen LogP) is 5.05. The van der Waals surface area contributed by atoms with Crippen LogP contribution in [-0.4, -0.2) is 26.5 Å². The van der Waals surface area contributed by atoms with Crippen molar-refractivity contribution in [2.45, 2.75) is 11.8 Å². The van der Waals surface area contributed by atoms with Crippen molar-refractivity contribution in [3.63, 3.8) is 0 Å². The Hall–Kier alpha value is -4.17. The number of anilines is 2. The number of hydrogen-bond donors (Lipinski definition) is 2. The Morgan fingerprint density at radius 2 is 1.71 bits per heavy atom. The molecule has 1 aromatic heterocycles. The highest BCUT2D eigenvalue weighted by molar-refractivity contribution is 7.90. The van der Waals surface area contributed by atoms with Crippen LogP contribution in [0, 0.1) is 6.92 Å². The number of hydrogen-bond acceptors (Lipinski definition) is 5. The lowest BCUT2D eigenvalue weighted by atomic mass is 10.1. The van der Waals surface area contributed by atoms with E-state index >= 15 is 0 Å². The van der Waals surface area contributed by atoms with Crippen molar-refractivity contribution >= 4 is 50.1 Å². The van der Waals surface area contributed by atoms with Crippen molar-refractivity contribution in [2.75, 3.05) is 16.9 Å². The number of furan rings is 1. The molecule has 0 spiro atoms. The van der Waals surface area contributed by atoms with Crippen molar-refractivity contribution in [2.24, 2.45) is 0 Å². The summed E-state index contributed by atoms with van der Waals surface area (Å²) < 4.78 is 29.1. The van der Waals surface area contributed by atoms with Crippen LogP contribution in [0.25, 0.3) is 17.0 Å². The summed E-state index contributed by atoms with van der Waals surface area (Å²) in [6, 6.07) is 20.4. The number of sulfone groups is 1. The maximum atomic E-state index is 12.6. The third kappa shape index (κ3) is 5.41. The fourth-order valence-electron chi connectivity index (χ4n) is 3.37. The van der Waals surface area contributed by atoms with Gasteiger partial charge in [-0.15, -0.1) is 0 Å². The van der Waals surface area contributed by atoms with Gasteiger partial charge in [0.1, 0.15) is 11.3 Å². The van der Waals surface area contributed by atoms with Crippen molar-refractivity contribution in [1.82, 2.24) is 0 Å². The molecule has 0 saturated carbocycles. The molecule has 0 bridgehead atoms. The van der Waals surface area contributed by atoms with Crippen molar-refractivity contribution < 1.29 is 22.4 Å². The molecular weight excluding hydrogens is 452 g/mol. The van der Waals surface area contributed by atoms with E-state index < -0.39 is 15.7 Å². The van der Waals surface area contributed by atoms with E-state index in [9.17, 15) is 18.0 Å². The number of rotatable bonds is 6. The summed E-state index contributed by atoms with van der Waals surface area (Å²) in [5, 5.41) is 6.51. The Morgan fingerprint density at radius 3 is 2.44 bits per heavy atom. The van der Waals surface area contributed by atoms with Gasteiger partial charge in [0, 0.05) is 34.7 Å². The van der Waals surface area contributed by atoms with E-state index in [1.165, 1.54) is 24.3 Å². The first-order valence-corrected chi connectivity index (χ1v) is 12.3. The molecule has 7 nitrogen and oxygen atoms in total. The number of amides is 2. The van der Waals surface area contributed by atoms with E-state index in [-0.39, 0.29) is 16.4 Å². The second-order valence-corrected chi connectivity index (χ2v) is 9.81. The normalized spacial score (nSPS) is 11.6. The molecule has 0 aliphatic heterocycles. The summed E-state index contributed by atoms with van der Waals surface area (Å²) in [5.74, 6) is -0.182. The van der Waals surface area contributed by atoms with Gasteiger partial charge in [-0.1, -0.05) is 24.3 Å². The van der Waals surface area contributed by atoms with Gasteiger partial charge in [0.05, 0.1) is 4.90 Å². The smallest absolute Gasteiger partial charge is 0.255 e. The van der Waals surface area contributed by atoms with Gasteiger partial charge in [0.15, 0.2) is 9.84 Å². The average molecular weight is 475 g/mol. The zero-order chi connectivity index (χ0) is 24.3. The molecule has 2 amide bonds. The molecule has 8 heteroatoms. The summed E-state index contributed by atoms with van der Waals surface area (Å²) >= 11 is 0. The van der Waals surface area contributed by atoms with Crippen molar-refractivity contribution in [3.05, 3.63) is 95.8 Å². The molecule has 0 unspecified atom stereocenters. The van der Waals surface area contributed by atoms with Crippen LogP contribution in [0.1, 0.15) is 21.7 Å². The van der Waals surface area contributed by atoms with Gasteiger partial charge in [0.2, 0.25) is 5.91 Å². The quantitative estimate of drug-likeness (QED) is 0.381. The molecular formula is C26H22N2O5S. The van der Waals surface area contributed by atoms with E-state index in [0.717, 1.165) is 22.8 Å². The molecule has 0 fully saturated rings. The Bertz CT molecular complexity index is 1500. The van der Waals surface area contributed by atoms with E-state index in [0.29, 0.717) is 17.1 Å². The van der Waals surface area contributed by atoms with Crippen LogP contribution in [0.15, 0.2) is 88.2 Å². The minimum Gasteiger partial charge on any atom is -0.457 e. The summed E-state index contributed by atoms with van der Waals surface area (Å²) in [6.45, 7) is 1.79. The zero-order valence-corrected chi connectivity index (χ0v) is 19.3. The van der Waals surface area contributed by atoms with Crippen molar-refractivity contribution in [1.29, 1.82) is 0 Å². The lowest BCUT2D eigenvalue weighted by molar-refractivity contribution is -0.111. The number of aryl methyl sites for hydroxylation is 1. The summed E-state index contributed by atoms with van der Waals surface area (Å²) in [6.07, 6.45) is 4.08. The van der Waals surface area contributed by atoms with Gasteiger partial charge >= 0.3 is 0 Å². The van der Waals surface area contributed by atoms with Crippen LogP contribution in [0.3, 0.4) is 0 Å². The average Bonchev–Trinajstić information content (AvgIpc) is 3.22. The summed E-state index contributed by atoms with van der Waals surface area (Å²) in [5.41, 5.74) is 2.82. The Labute approximate surface area is 197 Å². The lowest BCUT2D eigenvalue weighted by Crippen LogP contribution is -2.14. The topological polar surface area (TPSA) is 105 Å². The second kappa shape index (κ2) is 9.36. The standard InChI is InChI=1S/C26H22N2O5S/c1-17-14-20(27-25(29)13-11-21-15-18-6-3-4-9-24(18)33-21)10-12-23(17)28-26(30)19-7-5-8-22(16-19)34(2,31)32/h3-16H,1-2H3,(H,27,29)(H,28,30)/b13-11+. The third-order valence-corrected chi connectivity index (χ3v) is 6.22. The van der Waals surface area contributed by atoms with Crippen LogP contribution < -0.4 is 10.6 Å². The molecule has 0 atom stereocenters. The van der Waals surface area contributed by atoms with Gasteiger partial charge in [-0.2, -0.15) is 0 Å². The first-order chi connectivity index (χ1) is 16.2. The SMILES string of the molecule is Cc1cc(NC(=O)/C=C/c2cc3ccccc3o2)ccc1NC(=O)c1cccc(S(C)(=O)=O)c1. The Morgan fingerprint density at radius 1 is 0.912 bits per heavy atom. The molecule has 4 rings (SSSR count). The molecule has 1 heterocycles. The number of fused-ring (bicyclic) bond motifs is 1. The first-order valence-electron chi connectivity index (χ1n) is 10.4. The molecule has 3 aromatic carbocycles. The van der Waals surface area contributed by atoms with Crippen molar-refractivity contribution in [3.8, 4) is 0 Å². The fourth-order valence-corrected chi connectivity index (χ4v) is 4.04. The van der Waals surface area contributed by atoms with E-state index in [2.05, 4.69) is 10.6 Å². The Balaban J connectivity index is 1.41. The van der Waals surface area contributed by atoms with Gasteiger partial charge < -0.3 is 15.1 Å². The van der Waals surface area contributed by atoms with Crippen LogP contribution in [-0.2, 0) is 14.6 Å². The molecule has 34 heavy (non-hydrogen) atoms. The van der Waals surface area contributed by atoms with Gasteiger partial charge in [-0.05, 0) is 67.1 Å². The van der Waals surface area contributed by atoms with Gasteiger partial charge in [0.25, 0.3) is 5.91 Å². The van der Waals surface area contributed by atoms with Crippen LogP contribution in [0.2, 0.25) is 0 Å². The maximum absolute atomic E-state index is 12.6. The number of carbonyl (C=O) groups is 2. The number of nitrogens with one attached hydrogen (secondary N) is 2. The highest BCUT2D eigenvalue weighted by Crippen LogP contribution is 2.22. The zero-order valence-electron chi connectivity index (χ0n) is 18.5. The second-order valence-electron chi connectivity index (χ2n) is 7.79. The molecule has 0 saturated heterocycles. The maximum Gasteiger partial charge on any atom is 0.255 e.